The first-order chi connectivity index (χ1) is 17.5. The van der Waals surface area contributed by atoms with Crippen LogP contribution in [0.5, 0.6) is 11.5 Å². The van der Waals surface area contributed by atoms with Gasteiger partial charge in [0.1, 0.15) is 5.70 Å². The van der Waals surface area contributed by atoms with Crippen LogP contribution >= 0.6 is 15.9 Å². The van der Waals surface area contributed by atoms with E-state index in [-0.39, 0.29) is 24.3 Å². The van der Waals surface area contributed by atoms with E-state index in [9.17, 15) is 9.59 Å². The molecule has 0 aliphatic carbocycles. The molecule has 1 aliphatic rings. The van der Waals surface area contributed by atoms with E-state index in [0.29, 0.717) is 35.6 Å². The van der Waals surface area contributed by atoms with Crippen molar-refractivity contribution < 1.29 is 19.1 Å². The molecule has 0 fully saturated rings. The molecule has 2 heterocycles. The highest BCUT2D eigenvalue weighted by molar-refractivity contribution is 9.10. The summed E-state index contributed by atoms with van der Waals surface area (Å²) in [4.78, 5) is 29.5. The van der Waals surface area contributed by atoms with Gasteiger partial charge in [-0.1, -0.05) is 46.3 Å². The van der Waals surface area contributed by atoms with Gasteiger partial charge in [-0.3, -0.25) is 9.59 Å². The maximum Gasteiger partial charge on any atom is 0.267 e. The fraction of sp³-hybridized carbons (Fsp3) is 0.143. The molecule has 36 heavy (non-hydrogen) atoms. The number of H-pyrrole nitrogens is 1. The normalized spacial score (nSPS) is 12.6. The van der Waals surface area contributed by atoms with E-state index in [4.69, 9.17) is 9.47 Å². The lowest BCUT2D eigenvalue weighted by molar-refractivity contribution is -0.117. The van der Waals surface area contributed by atoms with Crippen molar-refractivity contribution in [2.24, 2.45) is 0 Å². The number of carbonyl (C=O) groups is 2. The lowest BCUT2D eigenvalue weighted by atomic mass is 10.1. The zero-order valence-electron chi connectivity index (χ0n) is 19.6. The number of aromatic amines is 1. The smallest absolute Gasteiger partial charge is 0.267 e. The largest absolute Gasteiger partial charge is 0.454 e. The summed E-state index contributed by atoms with van der Waals surface area (Å²) in [6, 6.07) is 20.4. The highest BCUT2D eigenvalue weighted by atomic mass is 79.9. The molecule has 5 rings (SSSR count). The molecular formula is C28H24BrN3O4. The van der Waals surface area contributed by atoms with Crippen LogP contribution in [0.2, 0.25) is 0 Å². The van der Waals surface area contributed by atoms with Crippen molar-refractivity contribution in [2.75, 3.05) is 13.3 Å². The summed E-state index contributed by atoms with van der Waals surface area (Å²) in [6.07, 6.45) is 2.28. The monoisotopic (exact) mass is 545 g/mol. The molecule has 4 aromatic rings. The van der Waals surface area contributed by atoms with Gasteiger partial charge in [-0.25, -0.2) is 0 Å². The second-order valence-corrected chi connectivity index (χ2v) is 9.33. The maximum atomic E-state index is 13.2. The minimum atomic E-state index is -0.383. The average molecular weight is 546 g/mol. The minimum absolute atomic E-state index is 0.134. The Balaban J connectivity index is 1.35. The molecule has 3 N–H and O–H groups in total. The molecule has 182 valence electrons. The lowest BCUT2D eigenvalue weighted by Crippen LogP contribution is -2.35. The van der Waals surface area contributed by atoms with Gasteiger partial charge < -0.3 is 25.1 Å². The molecule has 0 radical (unpaired) electrons. The predicted octanol–water partition coefficient (Wildman–Crippen LogP) is 5.10. The number of para-hydroxylation sites is 1. The third-order valence-electron chi connectivity index (χ3n) is 5.97. The van der Waals surface area contributed by atoms with Gasteiger partial charge >= 0.3 is 0 Å². The molecule has 0 atom stereocenters. The number of halogens is 1. The van der Waals surface area contributed by atoms with Crippen LogP contribution in [0, 0.1) is 6.92 Å². The number of aryl methyl sites for hydroxylation is 1. The number of amides is 2. The Labute approximate surface area is 216 Å². The van der Waals surface area contributed by atoms with Gasteiger partial charge in [0, 0.05) is 33.2 Å². The molecule has 2 amide bonds. The van der Waals surface area contributed by atoms with E-state index in [0.717, 1.165) is 26.6 Å². The molecule has 0 bridgehead atoms. The van der Waals surface area contributed by atoms with Crippen LogP contribution in [-0.2, 0) is 11.2 Å². The zero-order chi connectivity index (χ0) is 25.1. The molecule has 0 saturated heterocycles. The van der Waals surface area contributed by atoms with Gasteiger partial charge in [0.15, 0.2) is 11.5 Å². The number of nitrogens with one attached hydrogen (secondary N) is 3. The van der Waals surface area contributed by atoms with Crippen LogP contribution in [0.25, 0.3) is 17.0 Å². The number of ether oxygens (including phenoxy) is 2. The van der Waals surface area contributed by atoms with E-state index < -0.39 is 0 Å². The van der Waals surface area contributed by atoms with Gasteiger partial charge in [-0.2, -0.15) is 0 Å². The van der Waals surface area contributed by atoms with Crippen LogP contribution in [-0.4, -0.2) is 30.1 Å². The standard InChI is InChI=1S/C28H24BrN3O4/c1-17-21(22-7-2-3-8-23(22)31-17)11-12-30-28(34)24(32-27(33)19-5-4-6-20(29)15-19)13-18-9-10-25-26(14-18)36-16-35-25/h2-10,13-15,31H,11-12,16H2,1H3,(H,30,34)(H,32,33). The van der Waals surface area contributed by atoms with Gasteiger partial charge in [0.25, 0.3) is 11.8 Å². The molecule has 0 saturated carbocycles. The molecule has 0 spiro atoms. The summed E-state index contributed by atoms with van der Waals surface area (Å²) in [6.45, 7) is 2.59. The van der Waals surface area contributed by atoms with Crippen molar-refractivity contribution in [3.05, 3.63) is 99.3 Å². The van der Waals surface area contributed by atoms with Crippen molar-refractivity contribution in [1.29, 1.82) is 0 Å². The third kappa shape index (κ3) is 5.13. The number of aromatic nitrogens is 1. The molecule has 1 aromatic heterocycles. The van der Waals surface area contributed by atoms with Crippen molar-refractivity contribution in [3.8, 4) is 11.5 Å². The first kappa shape index (κ1) is 23.7. The minimum Gasteiger partial charge on any atom is -0.454 e. The lowest BCUT2D eigenvalue weighted by Gasteiger charge is -2.12. The summed E-state index contributed by atoms with van der Waals surface area (Å²) in [5.74, 6) is 0.474. The summed E-state index contributed by atoms with van der Waals surface area (Å²) >= 11 is 3.38. The molecule has 7 nitrogen and oxygen atoms in total. The van der Waals surface area contributed by atoms with E-state index in [1.165, 1.54) is 0 Å². The van der Waals surface area contributed by atoms with Gasteiger partial charge in [0.2, 0.25) is 6.79 Å². The number of hydrogen-bond donors (Lipinski definition) is 3. The van der Waals surface area contributed by atoms with Gasteiger partial charge in [0.05, 0.1) is 0 Å². The third-order valence-corrected chi connectivity index (χ3v) is 6.47. The summed E-state index contributed by atoms with van der Waals surface area (Å²) < 4.78 is 11.6. The topological polar surface area (TPSA) is 92.5 Å². The van der Waals surface area contributed by atoms with Crippen molar-refractivity contribution in [1.82, 2.24) is 15.6 Å². The summed E-state index contributed by atoms with van der Waals surface area (Å²) in [7, 11) is 0. The Morgan fingerprint density at radius 2 is 1.86 bits per heavy atom. The van der Waals surface area contributed by atoms with E-state index in [2.05, 4.69) is 37.6 Å². The number of benzene rings is 3. The predicted molar refractivity (Wildman–Crippen MR) is 142 cm³/mol. The Hall–Kier alpha value is -4.04. The highest BCUT2D eigenvalue weighted by Gasteiger charge is 2.17. The Morgan fingerprint density at radius 1 is 1.03 bits per heavy atom. The fourth-order valence-electron chi connectivity index (χ4n) is 4.21. The van der Waals surface area contributed by atoms with Crippen molar-refractivity contribution in [3.63, 3.8) is 0 Å². The van der Waals surface area contributed by atoms with Crippen LogP contribution in [0.1, 0.15) is 27.2 Å². The zero-order valence-corrected chi connectivity index (χ0v) is 21.1. The SMILES string of the molecule is Cc1[nH]c2ccccc2c1CCNC(=O)C(=Cc1ccc2c(c1)OCO2)NC(=O)c1cccc(Br)c1. The van der Waals surface area contributed by atoms with E-state index >= 15 is 0 Å². The summed E-state index contributed by atoms with van der Waals surface area (Å²) in [5, 5.41) is 6.87. The first-order valence-electron chi connectivity index (χ1n) is 11.5. The average Bonchev–Trinajstić information content (AvgIpc) is 3.47. The van der Waals surface area contributed by atoms with Gasteiger partial charge in [-0.15, -0.1) is 0 Å². The molecule has 1 aliphatic heterocycles. The molecular weight excluding hydrogens is 522 g/mol. The molecule has 8 heteroatoms. The van der Waals surface area contributed by atoms with Crippen LogP contribution in [0.4, 0.5) is 0 Å². The quantitative estimate of drug-likeness (QED) is 0.282. The van der Waals surface area contributed by atoms with Crippen molar-refractivity contribution >= 4 is 44.7 Å². The maximum absolute atomic E-state index is 13.2. The van der Waals surface area contributed by atoms with E-state index in [1.807, 2.05) is 31.2 Å². The summed E-state index contributed by atoms with van der Waals surface area (Å²) in [5.41, 5.74) is 4.57. The fourth-order valence-corrected chi connectivity index (χ4v) is 4.60. The Kier molecular flexibility index (Phi) is 6.77. The highest BCUT2D eigenvalue weighted by Crippen LogP contribution is 2.33. The molecule has 0 unspecified atom stereocenters. The van der Waals surface area contributed by atoms with Gasteiger partial charge in [-0.05, 0) is 66.9 Å². The number of hydrogen-bond acceptors (Lipinski definition) is 4. The van der Waals surface area contributed by atoms with Crippen LogP contribution in [0.15, 0.2) is 76.9 Å². The first-order valence-corrected chi connectivity index (χ1v) is 12.3. The van der Waals surface area contributed by atoms with Crippen molar-refractivity contribution in [2.45, 2.75) is 13.3 Å². The number of carbonyl (C=O) groups excluding carboxylic acids is 2. The molecule has 3 aromatic carbocycles. The Morgan fingerprint density at radius 3 is 2.72 bits per heavy atom. The van der Waals surface area contributed by atoms with Crippen LogP contribution in [0.3, 0.4) is 0 Å². The second kappa shape index (κ2) is 10.3. The Bertz CT molecular complexity index is 1490. The number of rotatable bonds is 7. The van der Waals surface area contributed by atoms with E-state index in [1.54, 1.807) is 42.5 Å². The van der Waals surface area contributed by atoms with Crippen LogP contribution < -0.4 is 20.1 Å². The second-order valence-electron chi connectivity index (χ2n) is 8.42. The number of fused-ring (bicyclic) bond motifs is 2.